The van der Waals surface area contributed by atoms with Crippen molar-refractivity contribution >= 4 is 5.97 Å². The highest BCUT2D eigenvalue weighted by atomic mass is 19.1. The summed E-state index contributed by atoms with van der Waals surface area (Å²) >= 11 is 0. The summed E-state index contributed by atoms with van der Waals surface area (Å²) in [4.78, 5) is 10.1. The third-order valence-corrected chi connectivity index (χ3v) is 1.79. The van der Waals surface area contributed by atoms with Gasteiger partial charge in [-0.25, -0.2) is 9.18 Å². The van der Waals surface area contributed by atoms with E-state index in [0.717, 1.165) is 11.6 Å². The maximum atomic E-state index is 12.7. The van der Waals surface area contributed by atoms with Crippen LogP contribution >= 0.6 is 0 Å². The molecule has 0 aromatic heterocycles. The van der Waals surface area contributed by atoms with Crippen LogP contribution in [0, 0.1) is 5.82 Å². The van der Waals surface area contributed by atoms with Crippen molar-refractivity contribution in [1.29, 1.82) is 0 Å². The minimum absolute atomic E-state index is 0.256. The number of benzene rings is 1. The van der Waals surface area contributed by atoms with Crippen LogP contribution in [0.2, 0.25) is 0 Å². The van der Waals surface area contributed by atoms with Gasteiger partial charge in [-0.3, -0.25) is 0 Å². The topological polar surface area (TPSA) is 49.3 Å². The molecular formula is C11H12FNO2. The van der Waals surface area contributed by atoms with Crippen LogP contribution in [0.3, 0.4) is 0 Å². The highest BCUT2D eigenvalue weighted by Gasteiger charge is 1.93. The summed E-state index contributed by atoms with van der Waals surface area (Å²) in [6, 6.07) is 6.33. The van der Waals surface area contributed by atoms with Gasteiger partial charge in [0.2, 0.25) is 0 Å². The number of carboxylic acids is 1. The lowest BCUT2D eigenvalue weighted by atomic mass is 10.1. The molecule has 0 saturated carbocycles. The van der Waals surface area contributed by atoms with Crippen molar-refractivity contribution in [2.45, 2.75) is 6.42 Å². The molecule has 0 heterocycles. The molecular weight excluding hydrogens is 197 g/mol. The summed E-state index contributed by atoms with van der Waals surface area (Å²) in [5.41, 5.74) is 0.881. The van der Waals surface area contributed by atoms with E-state index < -0.39 is 5.97 Å². The Morgan fingerprint density at radius 3 is 3.00 bits per heavy atom. The van der Waals surface area contributed by atoms with Gasteiger partial charge >= 0.3 is 5.97 Å². The van der Waals surface area contributed by atoms with Crippen LogP contribution in [0.4, 0.5) is 4.39 Å². The third kappa shape index (κ3) is 4.81. The molecule has 0 fully saturated rings. The molecule has 2 N–H and O–H groups in total. The van der Waals surface area contributed by atoms with Crippen LogP contribution in [0.1, 0.15) is 5.56 Å². The van der Waals surface area contributed by atoms with E-state index in [1.165, 1.54) is 18.3 Å². The highest BCUT2D eigenvalue weighted by Crippen LogP contribution is 2.03. The zero-order valence-electron chi connectivity index (χ0n) is 8.11. The van der Waals surface area contributed by atoms with Crippen molar-refractivity contribution in [3.8, 4) is 0 Å². The van der Waals surface area contributed by atoms with Gasteiger partial charge in [-0.1, -0.05) is 12.1 Å². The quantitative estimate of drug-likeness (QED) is 0.571. The van der Waals surface area contributed by atoms with Gasteiger partial charge in [-0.15, -0.1) is 0 Å². The molecule has 1 aromatic carbocycles. The van der Waals surface area contributed by atoms with Gasteiger partial charge < -0.3 is 10.4 Å². The van der Waals surface area contributed by atoms with Crippen LogP contribution in [0.15, 0.2) is 36.5 Å². The predicted molar refractivity (Wildman–Crippen MR) is 54.9 cm³/mol. The van der Waals surface area contributed by atoms with Gasteiger partial charge in [0, 0.05) is 18.8 Å². The van der Waals surface area contributed by atoms with Crippen molar-refractivity contribution in [3.05, 3.63) is 47.9 Å². The van der Waals surface area contributed by atoms with Crippen molar-refractivity contribution in [1.82, 2.24) is 5.32 Å². The molecule has 1 aromatic rings. The second-order valence-electron chi connectivity index (χ2n) is 3.01. The largest absolute Gasteiger partial charge is 0.478 e. The number of carboxylic acid groups (broad SMARTS) is 1. The molecule has 0 amide bonds. The first-order chi connectivity index (χ1) is 7.18. The Kier molecular flexibility index (Phi) is 4.34. The maximum Gasteiger partial charge on any atom is 0.329 e. The smallest absolute Gasteiger partial charge is 0.329 e. The summed E-state index contributed by atoms with van der Waals surface area (Å²) < 4.78 is 12.7. The maximum absolute atomic E-state index is 12.7. The molecule has 0 aliphatic rings. The molecule has 80 valence electrons. The number of rotatable bonds is 5. The fraction of sp³-hybridized carbons (Fsp3) is 0.182. The average Bonchev–Trinajstić information content (AvgIpc) is 2.17. The summed E-state index contributed by atoms with van der Waals surface area (Å²) in [6.45, 7) is 0.577. The molecule has 4 heteroatoms. The number of aliphatic carboxylic acids is 1. The second-order valence-corrected chi connectivity index (χ2v) is 3.01. The molecule has 0 bridgehead atoms. The van der Waals surface area contributed by atoms with E-state index in [0.29, 0.717) is 13.0 Å². The van der Waals surface area contributed by atoms with Crippen molar-refractivity contribution in [2.75, 3.05) is 6.54 Å². The molecule has 1 rings (SSSR count). The van der Waals surface area contributed by atoms with Gasteiger partial charge in [0.15, 0.2) is 0 Å². The van der Waals surface area contributed by atoms with E-state index in [1.807, 2.05) is 6.07 Å². The van der Waals surface area contributed by atoms with E-state index in [-0.39, 0.29) is 5.82 Å². The van der Waals surface area contributed by atoms with Crippen LogP contribution < -0.4 is 5.32 Å². The molecule has 0 aliphatic carbocycles. The van der Waals surface area contributed by atoms with Gasteiger partial charge in [0.05, 0.1) is 0 Å². The highest BCUT2D eigenvalue weighted by molar-refractivity contribution is 5.79. The van der Waals surface area contributed by atoms with Gasteiger partial charge in [-0.2, -0.15) is 0 Å². The van der Waals surface area contributed by atoms with E-state index in [2.05, 4.69) is 5.32 Å². The Morgan fingerprint density at radius 1 is 1.53 bits per heavy atom. The van der Waals surface area contributed by atoms with Gasteiger partial charge in [0.1, 0.15) is 5.82 Å². The first-order valence-electron chi connectivity index (χ1n) is 4.56. The lowest BCUT2D eigenvalue weighted by molar-refractivity contribution is -0.131. The molecule has 0 radical (unpaired) electrons. The average molecular weight is 209 g/mol. The van der Waals surface area contributed by atoms with Crippen molar-refractivity contribution < 1.29 is 14.3 Å². The molecule has 0 atom stereocenters. The fourth-order valence-corrected chi connectivity index (χ4v) is 1.12. The Hall–Kier alpha value is -1.84. The van der Waals surface area contributed by atoms with Crippen LogP contribution in [0.5, 0.6) is 0 Å². The normalized spacial score (nSPS) is 10.5. The molecule has 0 saturated heterocycles. The summed E-state index contributed by atoms with van der Waals surface area (Å²) in [5.74, 6) is -1.25. The van der Waals surface area contributed by atoms with Crippen molar-refractivity contribution in [3.63, 3.8) is 0 Å². The summed E-state index contributed by atoms with van der Waals surface area (Å²) in [6.07, 6.45) is 3.04. The van der Waals surface area contributed by atoms with Crippen LogP contribution in [-0.4, -0.2) is 17.6 Å². The number of halogens is 1. The summed E-state index contributed by atoms with van der Waals surface area (Å²) in [7, 11) is 0. The summed E-state index contributed by atoms with van der Waals surface area (Å²) in [5, 5.41) is 11.1. The Labute approximate surface area is 87.2 Å². The number of hydrogen-bond donors (Lipinski definition) is 2. The number of nitrogens with one attached hydrogen (secondary N) is 1. The minimum atomic E-state index is -0.992. The Bertz CT molecular complexity index is 363. The van der Waals surface area contributed by atoms with E-state index >= 15 is 0 Å². The molecule has 3 nitrogen and oxygen atoms in total. The fourth-order valence-electron chi connectivity index (χ4n) is 1.12. The van der Waals surface area contributed by atoms with E-state index in [1.54, 1.807) is 6.07 Å². The monoisotopic (exact) mass is 209 g/mol. The molecule has 0 unspecified atom stereocenters. The van der Waals surface area contributed by atoms with E-state index in [9.17, 15) is 9.18 Å². The molecule has 15 heavy (non-hydrogen) atoms. The Balaban J connectivity index is 2.29. The lowest BCUT2D eigenvalue weighted by Crippen LogP contribution is -2.10. The lowest BCUT2D eigenvalue weighted by Gasteiger charge is -2.01. The zero-order valence-corrected chi connectivity index (χ0v) is 8.11. The van der Waals surface area contributed by atoms with Gasteiger partial charge in [-0.05, 0) is 24.1 Å². The molecule has 0 spiro atoms. The third-order valence-electron chi connectivity index (χ3n) is 1.79. The van der Waals surface area contributed by atoms with E-state index in [4.69, 9.17) is 5.11 Å². The van der Waals surface area contributed by atoms with Crippen molar-refractivity contribution in [2.24, 2.45) is 0 Å². The number of carbonyl (C=O) groups is 1. The van der Waals surface area contributed by atoms with Crippen LogP contribution in [0.25, 0.3) is 0 Å². The van der Waals surface area contributed by atoms with Crippen LogP contribution in [-0.2, 0) is 11.2 Å². The minimum Gasteiger partial charge on any atom is -0.478 e. The Morgan fingerprint density at radius 2 is 2.33 bits per heavy atom. The molecule has 0 aliphatic heterocycles. The first kappa shape index (κ1) is 11.2. The predicted octanol–water partition coefficient (Wildman–Crippen LogP) is 1.56. The zero-order chi connectivity index (χ0) is 11.1. The number of hydrogen-bond acceptors (Lipinski definition) is 2. The standard InChI is InChI=1S/C11H12FNO2/c12-10-3-1-2-9(8-10)4-6-13-7-5-11(14)15/h1-3,5,7-8,13H,4,6H2,(H,14,15)/b7-5+. The first-order valence-corrected chi connectivity index (χ1v) is 4.56. The van der Waals surface area contributed by atoms with Gasteiger partial charge in [0.25, 0.3) is 0 Å². The second kappa shape index (κ2) is 5.80. The SMILES string of the molecule is O=C(O)/C=C/NCCc1cccc(F)c1.